The summed E-state index contributed by atoms with van der Waals surface area (Å²) in [6, 6.07) is 6.02. The highest BCUT2D eigenvalue weighted by Crippen LogP contribution is 2.25. The topological polar surface area (TPSA) is 59.1 Å². The van der Waals surface area contributed by atoms with Gasteiger partial charge in [0, 0.05) is 26.2 Å². The Labute approximate surface area is 142 Å². The molecule has 0 unspecified atom stereocenters. The van der Waals surface area contributed by atoms with Gasteiger partial charge in [-0.1, -0.05) is 12.1 Å². The lowest BCUT2D eigenvalue weighted by molar-refractivity contribution is -0.132. The van der Waals surface area contributed by atoms with Gasteiger partial charge in [-0.25, -0.2) is 4.79 Å². The maximum Gasteiger partial charge on any atom is 0.409 e. The van der Waals surface area contributed by atoms with E-state index in [-0.39, 0.29) is 12.0 Å². The molecule has 1 saturated heterocycles. The Hall–Kier alpha value is -2.24. The van der Waals surface area contributed by atoms with Crippen molar-refractivity contribution < 1.29 is 19.1 Å². The van der Waals surface area contributed by atoms with Crippen LogP contribution in [-0.4, -0.2) is 61.2 Å². The molecule has 3 rings (SSSR count). The van der Waals surface area contributed by atoms with Crippen molar-refractivity contribution in [2.24, 2.45) is 0 Å². The molecule has 130 valence electrons. The molecule has 6 heteroatoms. The summed E-state index contributed by atoms with van der Waals surface area (Å²) in [5.41, 5.74) is 2.22. The first-order valence-electron chi connectivity index (χ1n) is 8.61. The normalized spacial score (nSPS) is 17.0. The molecule has 6 nitrogen and oxygen atoms in total. The second kappa shape index (κ2) is 7.55. The van der Waals surface area contributed by atoms with Crippen LogP contribution in [0.3, 0.4) is 0 Å². The van der Waals surface area contributed by atoms with Crippen LogP contribution < -0.4 is 4.74 Å². The molecule has 0 spiro atoms. The second-order valence-corrected chi connectivity index (χ2v) is 6.14. The molecule has 2 amide bonds. The van der Waals surface area contributed by atoms with Crippen molar-refractivity contribution in [2.45, 2.75) is 26.2 Å². The van der Waals surface area contributed by atoms with Gasteiger partial charge < -0.3 is 19.3 Å². The van der Waals surface area contributed by atoms with Crippen molar-refractivity contribution in [3.05, 3.63) is 29.3 Å². The molecule has 0 saturated carbocycles. The molecule has 2 heterocycles. The number of amides is 2. The molecule has 0 atom stereocenters. The first kappa shape index (κ1) is 16.6. The SMILES string of the molecule is CCOC(=O)N1CCN(C(=O)Cc2ccc3c(c2)CCCO3)CC1. The van der Waals surface area contributed by atoms with E-state index in [0.29, 0.717) is 39.2 Å². The number of carbonyl (C=O) groups excluding carboxylic acids is 2. The van der Waals surface area contributed by atoms with E-state index < -0.39 is 0 Å². The monoisotopic (exact) mass is 332 g/mol. The summed E-state index contributed by atoms with van der Waals surface area (Å²) >= 11 is 0. The molecule has 0 bridgehead atoms. The molecule has 0 radical (unpaired) electrons. The number of carbonyl (C=O) groups is 2. The molecule has 2 aliphatic rings. The zero-order valence-corrected chi connectivity index (χ0v) is 14.1. The van der Waals surface area contributed by atoms with Crippen LogP contribution >= 0.6 is 0 Å². The van der Waals surface area contributed by atoms with Gasteiger partial charge in [0.2, 0.25) is 5.91 Å². The van der Waals surface area contributed by atoms with Crippen molar-refractivity contribution in [3.63, 3.8) is 0 Å². The highest BCUT2D eigenvalue weighted by molar-refractivity contribution is 5.79. The molecule has 1 aromatic rings. The number of hydrogen-bond donors (Lipinski definition) is 0. The number of piperazine rings is 1. The van der Waals surface area contributed by atoms with Crippen molar-refractivity contribution >= 4 is 12.0 Å². The lowest BCUT2D eigenvalue weighted by Gasteiger charge is -2.34. The van der Waals surface area contributed by atoms with Crippen LogP contribution in [0.1, 0.15) is 24.5 Å². The van der Waals surface area contributed by atoms with Crippen LogP contribution in [0.2, 0.25) is 0 Å². The van der Waals surface area contributed by atoms with Gasteiger partial charge in [-0.15, -0.1) is 0 Å². The minimum atomic E-state index is -0.292. The fourth-order valence-corrected chi connectivity index (χ4v) is 3.16. The Morgan fingerprint density at radius 1 is 1.17 bits per heavy atom. The van der Waals surface area contributed by atoms with Crippen LogP contribution in [0.5, 0.6) is 5.75 Å². The smallest absolute Gasteiger partial charge is 0.409 e. The average Bonchev–Trinajstić information content (AvgIpc) is 2.62. The molecule has 0 N–H and O–H groups in total. The minimum Gasteiger partial charge on any atom is -0.493 e. The average molecular weight is 332 g/mol. The van der Waals surface area contributed by atoms with Gasteiger partial charge in [-0.05, 0) is 37.0 Å². The predicted octanol–water partition coefficient (Wildman–Crippen LogP) is 1.85. The number of ether oxygens (including phenoxy) is 2. The van der Waals surface area contributed by atoms with Gasteiger partial charge in [0.25, 0.3) is 0 Å². The van der Waals surface area contributed by atoms with Crippen LogP contribution in [0.25, 0.3) is 0 Å². The zero-order chi connectivity index (χ0) is 16.9. The molecule has 24 heavy (non-hydrogen) atoms. The molecule has 0 aliphatic carbocycles. The largest absolute Gasteiger partial charge is 0.493 e. The maximum absolute atomic E-state index is 12.5. The van der Waals surface area contributed by atoms with Crippen molar-refractivity contribution in [1.82, 2.24) is 9.80 Å². The van der Waals surface area contributed by atoms with Crippen molar-refractivity contribution in [1.29, 1.82) is 0 Å². The Balaban J connectivity index is 1.53. The predicted molar refractivity (Wildman–Crippen MR) is 89.1 cm³/mol. The van der Waals surface area contributed by atoms with Gasteiger partial charge in [0.1, 0.15) is 5.75 Å². The van der Waals surface area contributed by atoms with Crippen molar-refractivity contribution in [3.8, 4) is 5.75 Å². The van der Waals surface area contributed by atoms with E-state index in [9.17, 15) is 9.59 Å². The van der Waals surface area contributed by atoms with Gasteiger partial charge >= 0.3 is 6.09 Å². The van der Waals surface area contributed by atoms with Gasteiger partial charge in [0.05, 0.1) is 19.6 Å². The molecule has 1 aromatic carbocycles. The standard InChI is InChI=1S/C18H24N2O4/c1-2-23-18(22)20-9-7-19(8-10-20)17(21)13-14-5-6-16-15(12-14)4-3-11-24-16/h5-6,12H,2-4,7-11,13H2,1H3. The highest BCUT2D eigenvalue weighted by atomic mass is 16.6. The van der Waals surface area contributed by atoms with Crippen LogP contribution in [0.15, 0.2) is 18.2 Å². The number of hydrogen-bond acceptors (Lipinski definition) is 4. The lowest BCUT2D eigenvalue weighted by atomic mass is 10.0. The van der Waals surface area contributed by atoms with Gasteiger partial charge in [0.15, 0.2) is 0 Å². The highest BCUT2D eigenvalue weighted by Gasteiger charge is 2.25. The van der Waals surface area contributed by atoms with E-state index in [4.69, 9.17) is 9.47 Å². The second-order valence-electron chi connectivity index (χ2n) is 6.14. The van der Waals surface area contributed by atoms with E-state index >= 15 is 0 Å². The molecular weight excluding hydrogens is 308 g/mol. The van der Waals surface area contributed by atoms with E-state index in [1.165, 1.54) is 5.56 Å². The van der Waals surface area contributed by atoms with Crippen molar-refractivity contribution in [2.75, 3.05) is 39.4 Å². The Bertz CT molecular complexity index is 609. The molecule has 1 fully saturated rings. The van der Waals surface area contributed by atoms with Crippen LogP contribution in [0.4, 0.5) is 4.79 Å². The summed E-state index contributed by atoms with van der Waals surface area (Å²) in [6.45, 7) is 5.12. The number of nitrogens with zero attached hydrogens (tertiary/aromatic N) is 2. The van der Waals surface area contributed by atoms with E-state index in [0.717, 1.165) is 30.8 Å². The zero-order valence-electron chi connectivity index (χ0n) is 14.1. The Kier molecular flexibility index (Phi) is 5.23. The fraction of sp³-hybridized carbons (Fsp3) is 0.556. The molecule has 0 aromatic heterocycles. The summed E-state index contributed by atoms with van der Waals surface area (Å²) in [4.78, 5) is 27.7. The summed E-state index contributed by atoms with van der Waals surface area (Å²) in [6.07, 6.45) is 2.14. The summed E-state index contributed by atoms with van der Waals surface area (Å²) in [5, 5.41) is 0. The van der Waals surface area contributed by atoms with E-state index in [2.05, 4.69) is 6.07 Å². The van der Waals surface area contributed by atoms with Gasteiger partial charge in [-0.3, -0.25) is 4.79 Å². The summed E-state index contributed by atoms with van der Waals surface area (Å²) in [5.74, 6) is 1.05. The van der Waals surface area contributed by atoms with E-state index in [1.807, 2.05) is 17.0 Å². The first-order valence-corrected chi connectivity index (χ1v) is 8.61. The van der Waals surface area contributed by atoms with Crippen LogP contribution in [-0.2, 0) is 22.4 Å². The number of fused-ring (bicyclic) bond motifs is 1. The third-order valence-electron chi connectivity index (χ3n) is 4.49. The lowest BCUT2D eigenvalue weighted by Crippen LogP contribution is -2.51. The molecular formula is C18H24N2O4. The fourth-order valence-electron chi connectivity index (χ4n) is 3.16. The maximum atomic E-state index is 12.5. The summed E-state index contributed by atoms with van der Waals surface area (Å²) in [7, 11) is 0. The third kappa shape index (κ3) is 3.80. The number of benzene rings is 1. The Morgan fingerprint density at radius 2 is 1.92 bits per heavy atom. The number of aryl methyl sites for hydroxylation is 1. The van der Waals surface area contributed by atoms with Gasteiger partial charge in [-0.2, -0.15) is 0 Å². The van der Waals surface area contributed by atoms with Crippen LogP contribution in [0, 0.1) is 0 Å². The first-order chi connectivity index (χ1) is 11.7. The molecule has 2 aliphatic heterocycles. The van der Waals surface area contributed by atoms with E-state index in [1.54, 1.807) is 11.8 Å². The Morgan fingerprint density at radius 3 is 2.67 bits per heavy atom. The summed E-state index contributed by atoms with van der Waals surface area (Å²) < 4.78 is 10.6. The third-order valence-corrected chi connectivity index (χ3v) is 4.49. The minimum absolute atomic E-state index is 0.107. The number of rotatable bonds is 3. The quantitative estimate of drug-likeness (QED) is 0.848.